The van der Waals surface area contributed by atoms with Crippen molar-refractivity contribution in [1.29, 1.82) is 0 Å². The molecule has 0 atom stereocenters. The van der Waals surface area contributed by atoms with E-state index in [0.717, 1.165) is 11.1 Å². The van der Waals surface area contributed by atoms with Crippen LogP contribution in [0.5, 0.6) is 0 Å². The molecule has 2 nitrogen and oxygen atoms in total. The molecule has 1 radical (unpaired) electrons. The summed E-state index contributed by atoms with van der Waals surface area (Å²) in [5.74, 6) is 1.16. The predicted octanol–water partition coefficient (Wildman–Crippen LogP) is 5.57. The van der Waals surface area contributed by atoms with Gasteiger partial charge in [0, 0.05) is 23.6 Å². The van der Waals surface area contributed by atoms with Crippen molar-refractivity contribution in [3.05, 3.63) is 120 Å². The molecule has 0 aliphatic heterocycles. The van der Waals surface area contributed by atoms with Crippen LogP contribution in [-0.4, -0.2) is 5.78 Å². The molecule has 125 valence electrons. The summed E-state index contributed by atoms with van der Waals surface area (Å²) in [5, 5.41) is 0. The minimum Gasteiger partial charge on any atom is -0.459 e. The largest absolute Gasteiger partial charge is 0.459 e. The number of rotatable bonds is 5. The maximum atomic E-state index is 13.0. The van der Waals surface area contributed by atoms with Crippen LogP contribution >= 0.6 is 0 Å². The second-order valence-corrected chi connectivity index (χ2v) is 6.08. The highest BCUT2D eigenvalue weighted by Crippen LogP contribution is 2.29. The molecule has 4 aromatic rings. The highest BCUT2D eigenvalue weighted by Gasteiger charge is 2.21. The minimum absolute atomic E-state index is 0.0764. The normalized spacial score (nSPS) is 10.6. The van der Waals surface area contributed by atoms with Crippen LogP contribution in [0.1, 0.15) is 27.2 Å². The zero-order chi connectivity index (χ0) is 17.8. The number of furan rings is 1. The van der Waals surface area contributed by atoms with Crippen molar-refractivity contribution in [3.63, 3.8) is 0 Å². The Bertz CT molecular complexity index is 1000. The zero-order valence-electron chi connectivity index (χ0n) is 14.2. The molecule has 3 aromatic carbocycles. The molecule has 0 fully saturated rings. The number of hydrogen-bond donors (Lipinski definition) is 0. The average molecular weight is 337 g/mol. The SMILES string of the molecule is O=C(c1ccccc1)c1[c]c(Cc2ccccc2)oc1-c1ccccc1. The van der Waals surface area contributed by atoms with Crippen molar-refractivity contribution in [2.75, 3.05) is 0 Å². The first-order valence-corrected chi connectivity index (χ1v) is 8.55. The lowest BCUT2D eigenvalue weighted by atomic mass is 10.00. The molecule has 2 heteroatoms. The first kappa shape index (κ1) is 16.1. The van der Waals surface area contributed by atoms with E-state index in [1.165, 1.54) is 0 Å². The first-order valence-electron chi connectivity index (χ1n) is 8.55. The molecule has 0 aliphatic carbocycles. The van der Waals surface area contributed by atoms with E-state index in [9.17, 15) is 4.79 Å². The Morgan fingerprint density at radius 2 is 1.35 bits per heavy atom. The van der Waals surface area contributed by atoms with Gasteiger partial charge in [0.2, 0.25) is 0 Å². The van der Waals surface area contributed by atoms with Gasteiger partial charge < -0.3 is 4.42 Å². The summed E-state index contributed by atoms with van der Waals surface area (Å²) in [6, 6.07) is 32.2. The van der Waals surface area contributed by atoms with E-state index < -0.39 is 0 Å². The lowest BCUT2D eigenvalue weighted by Gasteiger charge is -2.02. The summed E-state index contributed by atoms with van der Waals surface area (Å²) in [7, 11) is 0. The minimum atomic E-state index is -0.0764. The summed E-state index contributed by atoms with van der Waals surface area (Å²) < 4.78 is 6.07. The number of ketones is 1. The Morgan fingerprint density at radius 3 is 2.00 bits per heavy atom. The molecule has 1 heterocycles. The van der Waals surface area contributed by atoms with Gasteiger partial charge in [-0.3, -0.25) is 4.79 Å². The fourth-order valence-corrected chi connectivity index (χ4v) is 2.94. The van der Waals surface area contributed by atoms with Gasteiger partial charge in [0.1, 0.15) is 11.5 Å². The van der Waals surface area contributed by atoms with Crippen LogP contribution in [0.25, 0.3) is 11.3 Å². The monoisotopic (exact) mass is 337 g/mol. The smallest absolute Gasteiger partial charge is 0.197 e. The Hall–Kier alpha value is -3.39. The number of hydrogen-bond acceptors (Lipinski definition) is 2. The summed E-state index contributed by atoms with van der Waals surface area (Å²) in [5.41, 5.74) is 3.11. The van der Waals surface area contributed by atoms with Crippen LogP contribution in [0.3, 0.4) is 0 Å². The van der Waals surface area contributed by atoms with Crippen molar-refractivity contribution < 1.29 is 9.21 Å². The molecule has 4 rings (SSSR count). The van der Waals surface area contributed by atoms with Crippen LogP contribution in [0.2, 0.25) is 0 Å². The first-order chi connectivity index (χ1) is 12.8. The third-order valence-corrected chi connectivity index (χ3v) is 4.22. The topological polar surface area (TPSA) is 30.2 Å². The van der Waals surface area contributed by atoms with Gasteiger partial charge in [-0.15, -0.1) is 0 Å². The van der Waals surface area contributed by atoms with Crippen molar-refractivity contribution in [1.82, 2.24) is 0 Å². The highest BCUT2D eigenvalue weighted by molar-refractivity contribution is 6.12. The maximum Gasteiger partial charge on any atom is 0.197 e. The average Bonchev–Trinajstić information content (AvgIpc) is 3.13. The fourth-order valence-electron chi connectivity index (χ4n) is 2.94. The summed E-state index contributed by atoms with van der Waals surface area (Å²) in [4.78, 5) is 13.0. The van der Waals surface area contributed by atoms with Gasteiger partial charge in [0.15, 0.2) is 5.78 Å². The molecule has 0 unspecified atom stereocenters. The zero-order valence-corrected chi connectivity index (χ0v) is 14.2. The molecule has 0 saturated carbocycles. The second kappa shape index (κ2) is 7.24. The maximum absolute atomic E-state index is 13.0. The molecule has 0 amide bonds. The number of benzene rings is 3. The molecular weight excluding hydrogens is 320 g/mol. The number of carbonyl (C=O) groups is 1. The lowest BCUT2D eigenvalue weighted by Crippen LogP contribution is -2.01. The van der Waals surface area contributed by atoms with Gasteiger partial charge in [-0.25, -0.2) is 0 Å². The van der Waals surface area contributed by atoms with Gasteiger partial charge >= 0.3 is 0 Å². The lowest BCUT2D eigenvalue weighted by molar-refractivity contribution is 0.103. The van der Waals surface area contributed by atoms with E-state index in [-0.39, 0.29) is 5.78 Å². The third kappa shape index (κ3) is 3.35. The highest BCUT2D eigenvalue weighted by atomic mass is 16.3. The van der Waals surface area contributed by atoms with Crippen molar-refractivity contribution in [2.24, 2.45) is 0 Å². The number of carbonyl (C=O) groups excluding carboxylic acids is 1. The van der Waals surface area contributed by atoms with Gasteiger partial charge in [-0.05, 0) is 5.56 Å². The quantitative estimate of drug-likeness (QED) is 0.446. The molecule has 0 saturated heterocycles. The third-order valence-electron chi connectivity index (χ3n) is 4.22. The molecule has 0 spiro atoms. The van der Waals surface area contributed by atoms with Gasteiger partial charge in [0.25, 0.3) is 0 Å². The Balaban J connectivity index is 1.77. The van der Waals surface area contributed by atoms with E-state index >= 15 is 0 Å². The van der Waals surface area contributed by atoms with Crippen LogP contribution in [-0.2, 0) is 6.42 Å². The standard InChI is InChI=1S/C24H17O2/c25-23(19-12-6-2-7-13-19)22-17-21(16-18-10-4-1-5-11-18)26-24(22)20-14-8-3-9-15-20/h1-15H,16H2. The van der Waals surface area contributed by atoms with Gasteiger partial charge in [-0.2, -0.15) is 0 Å². The van der Waals surface area contributed by atoms with Crippen molar-refractivity contribution in [2.45, 2.75) is 6.42 Å². The Morgan fingerprint density at radius 1 is 0.769 bits per heavy atom. The summed E-state index contributed by atoms with van der Waals surface area (Å²) >= 11 is 0. The van der Waals surface area contributed by atoms with E-state index in [0.29, 0.717) is 29.1 Å². The van der Waals surface area contributed by atoms with Crippen LogP contribution < -0.4 is 0 Å². The van der Waals surface area contributed by atoms with Gasteiger partial charge in [-0.1, -0.05) is 91.0 Å². The molecular formula is C24H17O2. The molecule has 0 bridgehead atoms. The molecule has 0 N–H and O–H groups in total. The van der Waals surface area contributed by atoms with Gasteiger partial charge in [0.05, 0.1) is 5.56 Å². The fraction of sp³-hybridized carbons (Fsp3) is 0.0417. The van der Waals surface area contributed by atoms with Crippen molar-refractivity contribution in [3.8, 4) is 11.3 Å². The van der Waals surface area contributed by atoms with E-state index in [4.69, 9.17) is 4.42 Å². The van der Waals surface area contributed by atoms with Crippen LogP contribution in [0.15, 0.2) is 95.4 Å². The van der Waals surface area contributed by atoms with E-state index in [1.807, 2.05) is 91.0 Å². The summed E-state index contributed by atoms with van der Waals surface area (Å²) in [6.45, 7) is 0. The Labute approximate surface area is 152 Å². The van der Waals surface area contributed by atoms with Crippen LogP contribution in [0.4, 0.5) is 0 Å². The van der Waals surface area contributed by atoms with E-state index in [1.54, 1.807) is 0 Å². The predicted molar refractivity (Wildman–Crippen MR) is 102 cm³/mol. The van der Waals surface area contributed by atoms with Crippen LogP contribution in [0, 0.1) is 6.07 Å². The molecule has 0 aliphatic rings. The second-order valence-electron chi connectivity index (χ2n) is 6.08. The molecule has 26 heavy (non-hydrogen) atoms. The van der Waals surface area contributed by atoms with Crippen molar-refractivity contribution >= 4 is 5.78 Å². The van der Waals surface area contributed by atoms with E-state index in [2.05, 4.69) is 6.07 Å². The molecule has 1 aromatic heterocycles. The Kier molecular flexibility index (Phi) is 4.48. The summed E-state index contributed by atoms with van der Waals surface area (Å²) in [6.07, 6.45) is 0.600.